The average molecular weight is 428 g/mol. The molecule has 0 fully saturated rings. The molecule has 3 aromatic rings. The monoisotopic (exact) mass is 428 g/mol. The molecule has 6 nitrogen and oxygen atoms in total. The largest absolute Gasteiger partial charge is 0.484 e. The maximum absolute atomic E-state index is 12.9. The Morgan fingerprint density at radius 3 is 2.30 bits per heavy atom. The number of rotatable bonds is 7. The van der Waals surface area contributed by atoms with Crippen molar-refractivity contribution in [1.29, 1.82) is 0 Å². The average Bonchev–Trinajstić information content (AvgIpc) is 2.70. The molecule has 0 atom stereocenters. The Labute approximate surface area is 174 Å². The van der Waals surface area contributed by atoms with Crippen LogP contribution in [-0.2, 0) is 14.8 Å². The Kier molecular flexibility index (Phi) is 6.37. The maximum atomic E-state index is 12.9. The molecule has 0 spiro atoms. The number of amides is 1. The van der Waals surface area contributed by atoms with Crippen LogP contribution in [0.1, 0.15) is 11.1 Å². The molecule has 3 rings (SSSR count). The first-order valence-electron chi connectivity index (χ1n) is 9.11. The van der Waals surface area contributed by atoms with Crippen LogP contribution in [0.3, 0.4) is 0 Å². The minimum absolute atomic E-state index is 0.0731. The molecule has 3 aromatic carbocycles. The first-order valence-corrected chi connectivity index (χ1v) is 10.6. The highest BCUT2D eigenvalue weighted by molar-refractivity contribution is 7.92. The standard InChI is InChI=1S/C22H21FN2O4S/c1-15-3-4-16(2)21(13-15)25-30(27,28)20-11-7-18(8-12-20)24-22(26)14-29-19-9-5-17(23)6-10-19/h3-13,25H,14H2,1-2H3,(H,24,26). The van der Waals surface area contributed by atoms with Crippen LogP contribution in [0.4, 0.5) is 15.8 Å². The van der Waals surface area contributed by atoms with E-state index in [9.17, 15) is 17.6 Å². The van der Waals surface area contributed by atoms with Gasteiger partial charge < -0.3 is 10.1 Å². The Morgan fingerprint density at radius 2 is 1.63 bits per heavy atom. The molecule has 0 saturated heterocycles. The Morgan fingerprint density at radius 1 is 0.967 bits per heavy atom. The van der Waals surface area contributed by atoms with Gasteiger partial charge in [0.25, 0.3) is 15.9 Å². The summed E-state index contributed by atoms with van der Waals surface area (Å²) in [5.41, 5.74) is 2.70. The summed E-state index contributed by atoms with van der Waals surface area (Å²) in [6.07, 6.45) is 0. The van der Waals surface area contributed by atoms with Crippen molar-refractivity contribution in [3.05, 3.63) is 83.7 Å². The van der Waals surface area contributed by atoms with E-state index in [1.165, 1.54) is 48.5 Å². The van der Waals surface area contributed by atoms with E-state index in [0.717, 1.165) is 11.1 Å². The summed E-state index contributed by atoms with van der Waals surface area (Å²) in [6, 6.07) is 16.6. The van der Waals surface area contributed by atoms with Gasteiger partial charge in [-0.3, -0.25) is 9.52 Å². The number of halogens is 1. The van der Waals surface area contributed by atoms with Gasteiger partial charge in [-0.05, 0) is 79.6 Å². The molecule has 0 unspecified atom stereocenters. The van der Waals surface area contributed by atoms with Crippen molar-refractivity contribution in [1.82, 2.24) is 0 Å². The molecule has 0 bridgehead atoms. The smallest absolute Gasteiger partial charge is 0.262 e. The number of sulfonamides is 1. The zero-order chi connectivity index (χ0) is 21.7. The summed E-state index contributed by atoms with van der Waals surface area (Å²) in [6.45, 7) is 3.44. The number of hydrogen-bond acceptors (Lipinski definition) is 4. The van der Waals surface area contributed by atoms with Crippen LogP contribution in [0.15, 0.2) is 71.6 Å². The summed E-state index contributed by atoms with van der Waals surface area (Å²) in [7, 11) is -3.77. The topological polar surface area (TPSA) is 84.5 Å². The van der Waals surface area contributed by atoms with Crippen molar-refractivity contribution in [3.8, 4) is 5.75 Å². The lowest BCUT2D eigenvalue weighted by molar-refractivity contribution is -0.118. The van der Waals surface area contributed by atoms with E-state index < -0.39 is 21.7 Å². The summed E-state index contributed by atoms with van der Waals surface area (Å²) in [5, 5.41) is 2.62. The fraction of sp³-hybridized carbons (Fsp3) is 0.136. The quantitative estimate of drug-likeness (QED) is 0.589. The van der Waals surface area contributed by atoms with Crippen LogP contribution in [-0.4, -0.2) is 20.9 Å². The predicted octanol–water partition coefficient (Wildman–Crippen LogP) is 4.26. The summed E-state index contributed by atoms with van der Waals surface area (Å²) >= 11 is 0. The Balaban J connectivity index is 1.61. The SMILES string of the molecule is Cc1ccc(C)c(NS(=O)(=O)c2ccc(NC(=O)COc3ccc(F)cc3)cc2)c1. The van der Waals surface area contributed by atoms with Gasteiger partial charge in [0.2, 0.25) is 0 Å². The number of nitrogens with one attached hydrogen (secondary N) is 2. The first kappa shape index (κ1) is 21.3. The highest BCUT2D eigenvalue weighted by atomic mass is 32.2. The second-order valence-electron chi connectivity index (χ2n) is 6.74. The van der Waals surface area contributed by atoms with Crippen LogP contribution >= 0.6 is 0 Å². The van der Waals surface area contributed by atoms with Crippen molar-refractivity contribution in [2.45, 2.75) is 18.7 Å². The minimum atomic E-state index is -3.77. The van der Waals surface area contributed by atoms with E-state index in [2.05, 4.69) is 10.0 Å². The summed E-state index contributed by atoms with van der Waals surface area (Å²) < 4.78 is 46.0. The molecule has 2 N–H and O–H groups in total. The Bertz CT molecular complexity index is 1140. The molecule has 0 aromatic heterocycles. The third-order valence-electron chi connectivity index (χ3n) is 4.27. The molecule has 0 aliphatic rings. The molecule has 0 saturated carbocycles. The summed E-state index contributed by atoms with van der Waals surface area (Å²) in [5.74, 6) is -0.456. The lowest BCUT2D eigenvalue weighted by atomic mass is 10.1. The number of benzene rings is 3. The zero-order valence-corrected chi connectivity index (χ0v) is 17.3. The lowest BCUT2D eigenvalue weighted by Crippen LogP contribution is -2.20. The van der Waals surface area contributed by atoms with E-state index in [-0.39, 0.29) is 11.5 Å². The van der Waals surface area contributed by atoms with Crippen molar-refractivity contribution >= 4 is 27.3 Å². The number of ether oxygens (including phenoxy) is 1. The Hall–Kier alpha value is -3.39. The van der Waals surface area contributed by atoms with E-state index in [0.29, 0.717) is 17.1 Å². The van der Waals surface area contributed by atoms with E-state index in [1.54, 1.807) is 6.07 Å². The number of aryl methyl sites for hydroxylation is 2. The van der Waals surface area contributed by atoms with Gasteiger partial charge in [0.1, 0.15) is 11.6 Å². The van der Waals surface area contributed by atoms with Crippen LogP contribution in [0, 0.1) is 19.7 Å². The second kappa shape index (κ2) is 8.96. The molecule has 0 aliphatic carbocycles. The van der Waals surface area contributed by atoms with Gasteiger partial charge in [0.05, 0.1) is 10.6 Å². The molecular formula is C22H21FN2O4S. The number of hydrogen-bond donors (Lipinski definition) is 2. The molecule has 30 heavy (non-hydrogen) atoms. The highest BCUT2D eigenvalue weighted by Crippen LogP contribution is 2.22. The van der Waals surface area contributed by atoms with Gasteiger partial charge in [-0.2, -0.15) is 0 Å². The van der Waals surface area contributed by atoms with Gasteiger partial charge in [-0.25, -0.2) is 12.8 Å². The van der Waals surface area contributed by atoms with Crippen LogP contribution in [0.2, 0.25) is 0 Å². The molecular weight excluding hydrogens is 407 g/mol. The molecule has 1 amide bonds. The van der Waals surface area contributed by atoms with Gasteiger partial charge in [-0.1, -0.05) is 12.1 Å². The van der Waals surface area contributed by atoms with Crippen molar-refractivity contribution in [3.63, 3.8) is 0 Å². The maximum Gasteiger partial charge on any atom is 0.262 e. The summed E-state index contributed by atoms with van der Waals surface area (Å²) in [4.78, 5) is 12.1. The van der Waals surface area contributed by atoms with Crippen molar-refractivity contribution < 1.29 is 22.3 Å². The van der Waals surface area contributed by atoms with Crippen molar-refractivity contribution in [2.24, 2.45) is 0 Å². The van der Waals surface area contributed by atoms with Crippen LogP contribution < -0.4 is 14.8 Å². The fourth-order valence-corrected chi connectivity index (χ4v) is 3.77. The highest BCUT2D eigenvalue weighted by Gasteiger charge is 2.15. The van der Waals surface area contributed by atoms with Crippen LogP contribution in [0.25, 0.3) is 0 Å². The number of carbonyl (C=O) groups excluding carboxylic acids is 1. The van der Waals surface area contributed by atoms with Gasteiger partial charge in [-0.15, -0.1) is 0 Å². The molecule has 0 aliphatic heterocycles. The third kappa shape index (κ3) is 5.57. The fourth-order valence-electron chi connectivity index (χ4n) is 2.64. The molecule has 0 radical (unpaired) electrons. The predicted molar refractivity (Wildman–Crippen MR) is 114 cm³/mol. The van der Waals surface area contributed by atoms with E-state index in [4.69, 9.17) is 4.74 Å². The minimum Gasteiger partial charge on any atom is -0.484 e. The molecule has 8 heteroatoms. The van der Waals surface area contributed by atoms with Crippen LogP contribution in [0.5, 0.6) is 5.75 Å². The van der Waals surface area contributed by atoms with Gasteiger partial charge in [0, 0.05) is 5.69 Å². The second-order valence-corrected chi connectivity index (χ2v) is 8.42. The van der Waals surface area contributed by atoms with E-state index >= 15 is 0 Å². The van der Waals surface area contributed by atoms with Gasteiger partial charge in [0.15, 0.2) is 6.61 Å². The van der Waals surface area contributed by atoms with E-state index in [1.807, 2.05) is 26.0 Å². The molecule has 0 heterocycles. The molecule has 156 valence electrons. The lowest BCUT2D eigenvalue weighted by Gasteiger charge is -2.12. The number of anilines is 2. The normalized spacial score (nSPS) is 11.0. The number of carbonyl (C=O) groups is 1. The van der Waals surface area contributed by atoms with Crippen molar-refractivity contribution in [2.75, 3.05) is 16.6 Å². The zero-order valence-electron chi connectivity index (χ0n) is 16.5. The first-order chi connectivity index (χ1) is 14.2. The third-order valence-corrected chi connectivity index (χ3v) is 5.65. The van der Waals surface area contributed by atoms with Gasteiger partial charge >= 0.3 is 0 Å².